The van der Waals surface area contributed by atoms with Gasteiger partial charge in [0.1, 0.15) is 22.0 Å². The van der Waals surface area contributed by atoms with E-state index >= 15 is 0 Å². The van der Waals surface area contributed by atoms with Gasteiger partial charge >= 0.3 is 0 Å². The molecule has 2 unspecified atom stereocenters. The number of hydrogen-bond acceptors (Lipinski definition) is 2. The minimum Gasteiger partial charge on any atom is -0.234 e. The second-order valence-electron chi connectivity index (χ2n) is 5.23. The van der Waals surface area contributed by atoms with Crippen molar-refractivity contribution in [2.75, 3.05) is 0 Å². The molecule has 0 spiro atoms. The van der Waals surface area contributed by atoms with Crippen LogP contribution >= 0.6 is 0 Å². The minimum atomic E-state index is -1.29. The lowest BCUT2D eigenvalue weighted by Crippen LogP contribution is -2.20. The third-order valence-corrected chi connectivity index (χ3v) is 4.15. The largest absolute Gasteiger partial charge is 0.234 e. The Labute approximate surface area is 103 Å². The summed E-state index contributed by atoms with van der Waals surface area (Å²) in [7, 11) is -2.59. The van der Waals surface area contributed by atoms with E-state index in [0.29, 0.717) is 0 Å². The lowest BCUT2D eigenvalue weighted by Gasteiger charge is -2.13. The van der Waals surface area contributed by atoms with Crippen molar-refractivity contribution in [2.24, 2.45) is 8.80 Å². The first-order valence-electron chi connectivity index (χ1n) is 4.96. The molecule has 0 aliphatic carbocycles. The van der Waals surface area contributed by atoms with Gasteiger partial charge in [-0.3, -0.25) is 0 Å². The molecule has 4 nitrogen and oxygen atoms in total. The Morgan fingerprint density at radius 1 is 0.750 bits per heavy atom. The van der Waals surface area contributed by atoms with Crippen molar-refractivity contribution in [3.8, 4) is 0 Å². The van der Waals surface area contributed by atoms with Gasteiger partial charge in [0.05, 0.1) is 21.9 Å². The average Bonchev–Trinajstić information content (AvgIpc) is 2.08. The Kier molecular flexibility index (Phi) is 5.69. The van der Waals surface area contributed by atoms with Crippen LogP contribution in [0.4, 0.5) is 0 Å². The Hall–Kier alpha value is -0.360. The molecule has 0 fully saturated rings. The van der Waals surface area contributed by atoms with Gasteiger partial charge in [-0.15, -0.1) is 0 Å². The van der Waals surface area contributed by atoms with E-state index < -0.39 is 22.0 Å². The highest BCUT2D eigenvalue weighted by molar-refractivity contribution is 7.85. The summed E-state index contributed by atoms with van der Waals surface area (Å²) >= 11 is 0. The molecule has 94 valence electrons. The van der Waals surface area contributed by atoms with Gasteiger partial charge in [0.15, 0.2) is 0 Å². The zero-order valence-electron chi connectivity index (χ0n) is 10.7. The molecule has 0 rings (SSSR count). The fourth-order valence-electron chi connectivity index (χ4n) is 0.481. The monoisotopic (exact) mass is 264 g/mol. The fraction of sp³-hybridized carbons (Fsp3) is 0.800. The highest BCUT2D eigenvalue weighted by atomic mass is 32.2. The van der Waals surface area contributed by atoms with Crippen LogP contribution in [0.25, 0.3) is 0 Å². The first-order valence-corrected chi connectivity index (χ1v) is 7.17. The molecular weight excluding hydrogens is 244 g/mol. The van der Waals surface area contributed by atoms with Crippen molar-refractivity contribution in [3.05, 3.63) is 0 Å². The Bertz CT molecular complexity index is 302. The number of hydrogen-bond donors (Lipinski definition) is 0. The summed E-state index contributed by atoms with van der Waals surface area (Å²) < 4.78 is 29.8. The quantitative estimate of drug-likeness (QED) is 0.732. The molecule has 6 heteroatoms. The fourth-order valence-corrected chi connectivity index (χ4v) is 1.44. The smallest absolute Gasteiger partial charge is 0.144 e. The van der Waals surface area contributed by atoms with Gasteiger partial charge in [0.2, 0.25) is 0 Å². The van der Waals surface area contributed by atoms with Gasteiger partial charge in [0, 0.05) is 0 Å². The van der Waals surface area contributed by atoms with Gasteiger partial charge in [-0.05, 0) is 41.5 Å². The van der Waals surface area contributed by atoms with E-state index in [1.54, 1.807) is 0 Å². The zero-order valence-corrected chi connectivity index (χ0v) is 12.3. The minimum absolute atomic E-state index is 0.381. The number of rotatable bonds is 3. The maximum Gasteiger partial charge on any atom is 0.144 e. The van der Waals surface area contributed by atoms with Crippen LogP contribution in [-0.4, -0.2) is 30.3 Å². The van der Waals surface area contributed by atoms with E-state index in [1.807, 2.05) is 41.5 Å². The second kappa shape index (κ2) is 5.82. The Morgan fingerprint density at radius 2 is 1.00 bits per heavy atom. The van der Waals surface area contributed by atoms with E-state index in [1.165, 1.54) is 12.4 Å². The van der Waals surface area contributed by atoms with Crippen molar-refractivity contribution < 1.29 is 8.42 Å². The summed E-state index contributed by atoms with van der Waals surface area (Å²) in [6, 6.07) is 0. The summed E-state index contributed by atoms with van der Waals surface area (Å²) in [5, 5.41) is 0. The summed E-state index contributed by atoms with van der Waals surface area (Å²) in [5.74, 6) is 0. The van der Waals surface area contributed by atoms with E-state index in [9.17, 15) is 8.42 Å². The van der Waals surface area contributed by atoms with Gasteiger partial charge in [-0.25, -0.2) is 8.42 Å². The molecule has 0 aromatic carbocycles. The molecule has 0 aliphatic heterocycles. The molecule has 2 atom stereocenters. The van der Waals surface area contributed by atoms with Crippen molar-refractivity contribution in [1.29, 1.82) is 0 Å². The first kappa shape index (κ1) is 15.6. The van der Waals surface area contributed by atoms with Gasteiger partial charge in [0.25, 0.3) is 0 Å². The molecule has 16 heavy (non-hydrogen) atoms. The van der Waals surface area contributed by atoms with E-state index in [0.717, 1.165) is 0 Å². The van der Waals surface area contributed by atoms with Crippen LogP contribution in [0.2, 0.25) is 0 Å². The Morgan fingerprint density at radius 3 is 1.19 bits per heavy atom. The van der Waals surface area contributed by atoms with Crippen molar-refractivity contribution in [3.63, 3.8) is 0 Å². The summed E-state index contributed by atoms with van der Waals surface area (Å²) in [6.07, 6.45) is 2.68. The van der Waals surface area contributed by atoms with Crippen LogP contribution < -0.4 is 0 Å². The van der Waals surface area contributed by atoms with Crippen molar-refractivity contribution in [1.82, 2.24) is 0 Å². The SMILES string of the molecule is CC(C)(C)S(=O)N=CC=NS(=O)C(C)(C)C. The van der Waals surface area contributed by atoms with Crippen LogP contribution in [0, 0.1) is 0 Å². The molecule has 0 aliphatic rings. The molecule has 0 aromatic heterocycles. The lowest BCUT2D eigenvalue weighted by molar-refractivity contribution is 0.650. The highest BCUT2D eigenvalue weighted by Gasteiger charge is 2.19. The van der Waals surface area contributed by atoms with Gasteiger partial charge in [-0.2, -0.15) is 8.80 Å². The topological polar surface area (TPSA) is 58.9 Å². The van der Waals surface area contributed by atoms with E-state index in [2.05, 4.69) is 8.80 Å². The summed E-state index contributed by atoms with van der Waals surface area (Å²) in [5.41, 5.74) is 0. The van der Waals surface area contributed by atoms with Crippen LogP contribution in [0.15, 0.2) is 8.80 Å². The maximum atomic E-state index is 11.5. The van der Waals surface area contributed by atoms with Crippen LogP contribution in [-0.2, 0) is 22.0 Å². The molecule has 0 heterocycles. The van der Waals surface area contributed by atoms with Crippen LogP contribution in [0.3, 0.4) is 0 Å². The van der Waals surface area contributed by atoms with Crippen LogP contribution in [0.5, 0.6) is 0 Å². The Balaban J connectivity index is 4.38. The van der Waals surface area contributed by atoms with E-state index in [-0.39, 0.29) is 9.49 Å². The normalized spacial score (nSPS) is 18.1. The zero-order chi connectivity index (χ0) is 13.0. The summed E-state index contributed by atoms with van der Waals surface area (Å²) in [6.45, 7) is 11.0. The van der Waals surface area contributed by atoms with Crippen molar-refractivity contribution >= 4 is 34.4 Å². The molecule has 0 saturated heterocycles. The number of nitrogens with zero attached hydrogens (tertiary/aromatic N) is 2. The summed E-state index contributed by atoms with van der Waals surface area (Å²) in [4.78, 5) is 0. The average molecular weight is 264 g/mol. The predicted octanol–water partition coefficient (Wildman–Crippen LogP) is 2.05. The molecule has 0 radical (unpaired) electrons. The molecule has 0 amide bonds. The predicted molar refractivity (Wildman–Crippen MR) is 72.8 cm³/mol. The molecule has 0 bridgehead atoms. The van der Waals surface area contributed by atoms with Crippen LogP contribution in [0.1, 0.15) is 41.5 Å². The molecule has 0 N–H and O–H groups in total. The molecule has 0 saturated carbocycles. The first-order chi connectivity index (χ1) is 7.05. The molecular formula is C10H20N2O2S2. The standard InChI is InChI=1S/C10H20N2O2S2/c1-9(2,3)15(13)11-7-8-12-16(14)10(4,5)6/h7-8H,1-6H3. The molecule has 0 aromatic rings. The third-order valence-electron chi connectivity index (χ3n) is 1.43. The van der Waals surface area contributed by atoms with Gasteiger partial charge in [-0.1, -0.05) is 0 Å². The lowest BCUT2D eigenvalue weighted by atomic mass is 10.3. The highest BCUT2D eigenvalue weighted by Crippen LogP contribution is 2.12. The van der Waals surface area contributed by atoms with Gasteiger partial charge < -0.3 is 0 Å². The van der Waals surface area contributed by atoms with Crippen molar-refractivity contribution in [2.45, 2.75) is 51.0 Å². The second-order valence-corrected chi connectivity index (χ2v) is 9.10. The third kappa shape index (κ3) is 6.27. The maximum absolute atomic E-state index is 11.5. The van der Waals surface area contributed by atoms with E-state index in [4.69, 9.17) is 0 Å².